The van der Waals surface area contributed by atoms with Gasteiger partial charge in [0.25, 0.3) is 0 Å². The number of rotatable bonds is 4. The van der Waals surface area contributed by atoms with E-state index >= 15 is 0 Å². The van der Waals surface area contributed by atoms with Gasteiger partial charge in [-0.15, -0.1) is 0 Å². The number of benzene rings is 1. The van der Waals surface area contributed by atoms with Crippen LogP contribution in [0.5, 0.6) is 0 Å². The van der Waals surface area contributed by atoms with Crippen LogP contribution in [0.2, 0.25) is 5.02 Å². The Hall–Kier alpha value is -1.06. The summed E-state index contributed by atoms with van der Waals surface area (Å²) in [4.78, 5) is 14.2. The predicted octanol–water partition coefficient (Wildman–Crippen LogP) is 3.43. The van der Waals surface area contributed by atoms with Gasteiger partial charge in [-0.3, -0.25) is 4.79 Å². The van der Waals surface area contributed by atoms with Gasteiger partial charge in [-0.2, -0.15) is 0 Å². The van der Waals surface area contributed by atoms with Gasteiger partial charge in [0.2, 0.25) is 5.91 Å². The van der Waals surface area contributed by atoms with E-state index in [0.29, 0.717) is 11.6 Å². The number of nitrogens with zero attached hydrogens (tertiary/aromatic N) is 1. The van der Waals surface area contributed by atoms with Crippen LogP contribution in [0.25, 0.3) is 0 Å². The van der Waals surface area contributed by atoms with Crippen molar-refractivity contribution in [2.24, 2.45) is 0 Å². The molecule has 0 N–H and O–H groups in total. The summed E-state index contributed by atoms with van der Waals surface area (Å²) < 4.78 is 5.42. The highest BCUT2D eigenvalue weighted by molar-refractivity contribution is 6.30. The molecule has 1 heterocycles. The lowest BCUT2D eigenvalue weighted by Crippen LogP contribution is -2.49. The lowest BCUT2D eigenvalue weighted by molar-refractivity contribution is -0.152. The van der Waals surface area contributed by atoms with Crippen molar-refractivity contribution in [1.29, 1.82) is 0 Å². The molecular formula is C15H20ClNO2. The summed E-state index contributed by atoms with van der Waals surface area (Å²) in [7, 11) is 0. The molecule has 19 heavy (non-hydrogen) atoms. The second-order valence-electron chi connectivity index (χ2n) is 4.85. The van der Waals surface area contributed by atoms with Gasteiger partial charge in [0.05, 0.1) is 12.6 Å². The molecule has 1 atom stereocenters. The summed E-state index contributed by atoms with van der Waals surface area (Å²) in [5, 5.41) is 0.709. The highest BCUT2D eigenvalue weighted by Gasteiger charge is 2.33. The van der Waals surface area contributed by atoms with Gasteiger partial charge in [-0.05, 0) is 30.5 Å². The summed E-state index contributed by atoms with van der Waals surface area (Å²) in [5.74, 6) is 0.0832. The Bertz CT molecular complexity index is 428. The molecule has 0 saturated carbocycles. The topological polar surface area (TPSA) is 29.5 Å². The van der Waals surface area contributed by atoms with Crippen LogP contribution in [-0.2, 0) is 9.53 Å². The predicted molar refractivity (Wildman–Crippen MR) is 76.2 cm³/mol. The van der Waals surface area contributed by atoms with Gasteiger partial charge >= 0.3 is 0 Å². The fourth-order valence-electron chi connectivity index (χ4n) is 2.67. The fraction of sp³-hybridized carbons (Fsp3) is 0.533. The third-order valence-electron chi connectivity index (χ3n) is 3.72. The molecule has 1 aromatic rings. The standard InChI is InChI=1S/C15H20ClNO2/c1-3-13(4-2)17-14(9-19-10-15(17)18)11-5-7-12(16)8-6-11/h5-8,13-14H,3-4,9-10H2,1-2H3. The molecule has 0 bridgehead atoms. The van der Waals surface area contributed by atoms with Gasteiger partial charge in [0, 0.05) is 11.1 Å². The minimum absolute atomic E-state index is 0.00316. The molecule has 1 aromatic carbocycles. The minimum atomic E-state index is 0.00316. The van der Waals surface area contributed by atoms with Crippen LogP contribution in [0.1, 0.15) is 38.3 Å². The molecule has 1 amide bonds. The van der Waals surface area contributed by atoms with E-state index in [1.54, 1.807) is 0 Å². The van der Waals surface area contributed by atoms with Crippen LogP contribution in [0.15, 0.2) is 24.3 Å². The second kappa shape index (κ2) is 6.40. The maximum atomic E-state index is 12.2. The first-order valence-corrected chi connectivity index (χ1v) is 7.19. The molecule has 4 heteroatoms. The third kappa shape index (κ3) is 3.10. The van der Waals surface area contributed by atoms with Crippen molar-refractivity contribution in [1.82, 2.24) is 4.90 Å². The number of amides is 1. The zero-order valence-corrected chi connectivity index (χ0v) is 12.2. The third-order valence-corrected chi connectivity index (χ3v) is 3.97. The molecule has 0 aromatic heterocycles. The molecule has 0 radical (unpaired) electrons. The highest BCUT2D eigenvalue weighted by Crippen LogP contribution is 2.29. The zero-order valence-electron chi connectivity index (χ0n) is 11.4. The first-order chi connectivity index (χ1) is 9.17. The maximum absolute atomic E-state index is 12.2. The Morgan fingerprint density at radius 2 is 1.95 bits per heavy atom. The molecule has 1 aliphatic rings. The summed E-state index contributed by atoms with van der Waals surface area (Å²) >= 11 is 5.92. The Kier molecular flexibility index (Phi) is 4.83. The zero-order chi connectivity index (χ0) is 13.8. The van der Waals surface area contributed by atoms with Crippen LogP contribution in [0, 0.1) is 0 Å². The van der Waals surface area contributed by atoms with Gasteiger partial charge in [-0.1, -0.05) is 37.6 Å². The summed E-state index contributed by atoms with van der Waals surface area (Å²) in [6.45, 7) is 5.00. The van der Waals surface area contributed by atoms with Crippen molar-refractivity contribution >= 4 is 17.5 Å². The smallest absolute Gasteiger partial charge is 0.249 e. The van der Waals surface area contributed by atoms with E-state index < -0.39 is 0 Å². The Morgan fingerprint density at radius 1 is 1.32 bits per heavy atom. The average Bonchev–Trinajstić information content (AvgIpc) is 2.43. The van der Waals surface area contributed by atoms with Gasteiger partial charge in [0.15, 0.2) is 0 Å². The Labute approximate surface area is 119 Å². The molecule has 104 valence electrons. The van der Waals surface area contributed by atoms with Crippen molar-refractivity contribution in [3.05, 3.63) is 34.9 Å². The van der Waals surface area contributed by atoms with Crippen molar-refractivity contribution < 1.29 is 9.53 Å². The normalized spacial score (nSPS) is 20.1. The van der Waals surface area contributed by atoms with Crippen LogP contribution < -0.4 is 0 Å². The lowest BCUT2D eigenvalue weighted by Gasteiger charge is -2.40. The van der Waals surface area contributed by atoms with Crippen LogP contribution in [-0.4, -0.2) is 30.1 Å². The van der Waals surface area contributed by atoms with E-state index in [4.69, 9.17) is 16.3 Å². The first-order valence-electron chi connectivity index (χ1n) is 6.81. The fourth-order valence-corrected chi connectivity index (χ4v) is 2.79. The summed E-state index contributed by atoms with van der Waals surface area (Å²) in [6.07, 6.45) is 1.93. The average molecular weight is 282 g/mol. The monoisotopic (exact) mass is 281 g/mol. The quantitative estimate of drug-likeness (QED) is 0.846. The van der Waals surface area contributed by atoms with Crippen LogP contribution >= 0.6 is 11.6 Å². The number of halogens is 1. The van der Waals surface area contributed by atoms with Crippen molar-refractivity contribution in [3.63, 3.8) is 0 Å². The first kappa shape index (κ1) is 14.4. The SMILES string of the molecule is CCC(CC)N1C(=O)COCC1c1ccc(Cl)cc1. The largest absolute Gasteiger partial charge is 0.369 e. The summed E-state index contributed by atoms with van der Waals surface area (Å²) in [5.41, 5.74) is 1.09. The lowest BCUT2D eigenvalue weighted by atomic mass is 10.00. The number of hydrogen-bond acceptors (Lipinski definition) is 2. The van der Waals surface area contributed by atoms with E-state index in [1.165, 1.54) is 0 Å². The van der Waals surface area contributed by atoms with Gasteiger partial charge in [0.1, 0.15) is 6.61 Å². The van der Waals surface area contributed by atoms with Crippen molar-refractivity contribution in [2.45, 2.75) is 38.8 Å². The van der Waals surface area contributed by atoms with Crippen LogP contribution in [0.3, 0.4) is 0 Å². The van der Waals surface area contributed by atoms with Gasteiger partial charge in [-0.25, -0.2) is 0 Å². The molecule has 0 spiro atoms. The van der Waals surface area contributed by atoms with E-state index in [1.807, 2.05) is 29.2 Å². The molecule has 1 unspecified atom stereocenters. The molecule has 3 nitrogen and oxygen atoms in total. The molecule has 1 fully saturated rings. The summed E-state index contributed by atoms with van der Waals surface area (Å²) in [6, 6.07) is 7.96. The number of morpholine rings is 1. The second-order valence-corrected chi connectivity index (χ2v) is 5.29. The molecule has 1 saturated heterocycles. The highest BCUT2D eigenvalue weighted by atomic mass is 35.5. The molecular weight excluding hydrogens is 262 g/mol. The van der Waals surface area contributed by atoms with E-state index in [9.17, 15) is 4.79 Å². The van der Waals surface area contributed by atoms with Crippen LogP contribution in [0.4, 0.5) is 0 Å². The van der Waals surface area contributed by atoms with Crippen molar-refractivity contribution in [3.8, 4) is 0 Å². The number of ether oxygens (including phenoxy) is 1. The molecule has 2 rings (SSSR count). The van der Waals surface area contributed by atoms with E-state index in [0.717, 1.165) is 18.4 Å². The molecule has 0 aliphatic carbocycles. The Balaban J connectivity index is 2.29. The number of hydrogen-bond donors (Lipinski definition) is 0. The van der Waals surface area contributed by atoms with Gasteiger partial charge < -0.3 is 9.64 Å². The van der Waals surface area contributed by atoms with E-state index in [2.05, 4.69) is 13.8 Å². The Morgan fingerprint density at radius 3 is 2.53 bits per heavy atom. The number of carbonyl (C=O) groups is 1. The van der Waals surface area contributed by atoms with Crippen molar-refractivity contribution in [2.75, 3.05) is 13.2 Å². The maximum Gasteiger partial charge on any atom is 0.249 e. The van der Waals surface area contributed by atoms with E-state index in [-0.39, 0.29) is 24.6 Å². The number of carbonyl (C=O) groups excluding carboxylic acids is 1. The molecule has 1 aliphatic heterocycles. The minimum Gasteiger partial charge on any atom is -0.369 e.